The van der Waals surface area contributed by atoms with E-state index in [2.05, 4.69) is 4.98 Å². The number of alkyl halides is 3. The lowest BCUT2D eigenvalue weighted by molar-refractivity contribution is -0.207. The largest absolute Gasteiger partial charge is 0.416 e. The highest BCUT2D eigenvalue weighted by atomic mass is 19.4. The normalized spacial score (nSPS) is 14.5. The Morgan fingerprint density at radius 3 is 2.62 bits per heavy atom. The quantitative estimate of drug-likeness (QED) is 0.765. The fourth-order valence-corrected chi connectivity index (χ4v) is 0.886. The zero-order valence-corrected chi connectivity index (χ0v) is 6.91. The first-order chi connectivity index (χ1) is 5.91. The van der Waals surface area contributed by atoms with Gasteiger partial charge in [-0.15, -0.1) is 0 Å². The van der Waals surface area contributed by atoms with E-state index in [1.54, 1.807) is 6.92 Å². The van der Waals surface area contributed by atoms with Crippen LogP contribution in [0.2, 0.25) is 0 Å². The van der Waals surface area contributed by atoms with Crippen molar-refractivity contribution in [1.29, 1.82) is 0 Å². The monoisotopic (exact) mass is 194 g/mol. The second-order valence-electron chi connectivity index (χ2n) is 2.68. The molecular weight excluding hydrogens is 185 g/mol. The van der Waals surface area contributed by atoms with Crippen LogP contribution in [0, 0.1) is 6.92 Å². The van der Waals surface area contributed by atoms with Gasteiger partial charge in [0.2, 0.25) is 0 Å². The number of aryl methyl sites for hydroxylation is 1. The van der Waals surface area contributed by atoms with Gasteiger partial charge in [0.1, 0.15) is 5.82 Å². The predicted molar refractivity (Wildman–Crippen MR) is 39.0 cm³/mol. The number of rotatable bonds is 2. The van der Waals surface area contributed by atoms with E-state index in [-0.39, 0.29) is 0 Å². The molecule has 1 N–H and O–H groups in total. The fraction of sp³-hybridized carbons (Fsp3) is 0.571. The summed E-state index contributed by atoms with van der Waals surface area (Å²) in [4.78, 5) is 3.74. The Morgan fingerprint density at radius 2 is 2.23 bits per heavy atom. The smallest absolute Gasteiger partial charge is 0.382 e. The Hall–Kier alpha value is -1.04. The van der Waals surface area contributed by atoms with Crippen LogP contribution in [0.1, 0.15) is 5.82 Å². The predicted octanol–water partition coefficient (Wildman–Crippen LogP) is 1.11. The summed E-state index contributed by atoms with van der Waals surface area (Å²) in [6, 6.07) is 0. The number of imidazole rings is 1. The highest BCUT2D eigenvalue weighted by Crippen LogP contribution is 2.21. The molecule has 6 heteroatoms. The van der Waals surface area contributed by atoms with Gasteiger partial charge >= 0.3 is 6.18 Å². The minimum Gasteiger partial charge on any atom is -0.382 e. The van der Waals surface area contributed by atoms with Gasteiger partial charge in [-0.25, -0.2) is 4.98 Å². The number of nitrogens with zero attached hydrogens (tertiary/aromatic N) is 2. The SMILES string of the molecule is Cc1nccn1C[C@@H](O)C(F)(F)F. The standard InChI is InChI=1S/C7H9F3N2O/c1-5-11-2-3-12(5)4-6(13)7(8,9)10/h2-3,6,13H,4H2,1H3/t6-/m1/s1. The van der Waals surface area contributed by atoms with Gasteiger partial charge in [0, 0.05) is 12.4 Å². The Balaban J connectivity index is 2.65. The van der Waals surface area contributed by atoms with Gasteiger partial charge in [0.15, 0.2) is 6.10 Å². The van der Waals surface area contributed by atoms with Gasteiger partial charge < -0.3 is 9.67 Å². The Labute approximate surface area is 72.8 Å². The molecular formula is C7H9F3N2O. The van der Waals surface area contributed by atoms with Crippen LogP contribution in [0.5, 0.6) is 0 Å². The van der Waals surface area contributed by atoms with Crippen LogP contribution in [0.25, 0.3) is 0 Å². The van der Waals surface area contributed by atoms with E-state index in [9.17, 15) is 13.2 Å². The summed E-state index contributed by atoms with van der Waals surface area (Å²) in [6.07, 6.45) is -4.13. The van der Waals surface area contributed by atoms with Gasteiger partial charge in [-0.3, -0.25) is 0 Å². The average molecular weight is 194 g/mol. The molecule has 0 unspecified atom stereocenters. The Bertz CT molecular complexity index is 282. The molecule has 0 aliphatic heterocycles. The van der Waals surface area contributed by atoms with Crippen LogP contribution in [0.15, 0.2) is 12.4 Å². The van der Waals surface area contributed by atoms with Crippen LogP contribution in [0.4, 0.5) is 13.2 Å². The lowest BCUT2D eigenvalue weighted by Gasteiger charge is -2.15. The van der Waals surface area contributed by atoms with Crippen molar-refractivity contribution in [3.8, 4) is 0 Å². The van der Waals surface area contributed by atoms with Gasteiger partial charge in [0.05, 0.1) is 6.54 Å². The number of hydrogen-bond donors (Lipinski definition) is 1. The molecule has 1 heterocycles. The summed E-state index contributed by atoms with van der Waals surface area (Å²) < 4.78 is 36.9. The Morgan fingerprint density at radius 1 is 1.62 bits per heavy atom. The van der Waals surface area contributed by atoms with Crippen molar-refractivity contribution in [2.75, 3.05) is 0 Å². The summed E-state index contributed by atoms with van der Waals surface area (Å²) in [7, 11) is 0. The molecule has 0 fully saturated rings. The minimum absolute atomic E-state index is 0.448. The Kier molecular flexibility index (Phi) is 2.60. The van der Waals surface area contributed by atoms with Crippen LogP contribution in [-0.4, -0.2) is 26.9 Å². The van der Waals surface area contributed by atoms with Crippen LogP contribution < -0.4 is 0 Å². The molecule has 1 rings (SSSR count). The molecule has 13 heavy (non-hydrogen) atoms. The second kappa shape index (κ2) is 3.37. The molecule has 1 aromatic heterocycles. The second-order valence-corrected chi connectivity index (χ2v) is 2.68. The maximum absolute atomic E-state index is 11.9. The van der Waals surface area contributed by atoms with E-state index in [1.165, 1.54) is 17.0 Å². The lowest BCUT2D eigenvalue weighted by atomic mass is 10.3. The van der Waals surface area contributed by atoms with Gasteiger partial charge in [-0.1, -0.05) is 0 Å². The maximum Gasteiger partial charge on any atom is 0.416 e. The van der Waals surface area contributed by atoms with Crippen LogP contribution in [-0.2, 0) is 6.54 Å². The van der Waals surface area contributed by atoms with Crippen molar-refractivity contribution < 1.29 is 18.3 Å². The highest BCUT2D eigenvalue weighted by molar-refractivity contribution is 4.89. The summed E-state index contributed by atoms with van der Waals surface area (Å²) >= 11 is 0. The molecule has 0 bridgehead atoms. The van der Waals surface area contributed by atoms with Crippen LogP contribution in [0.3, 0.4) is 0 Å². The topological polar surface area (TPSA) is 38.0 Å². The van der Waals surface area contributed by atoms with Crippen molar-refractivity contribution in [3.63, 3.8) is 0 Å². The molecule has 0 amide bonds. The molecule has 0 saturated heterocycles. The van der Waals surface area contributed by atoms with Gasteiger partial charge in [-0.05, 0) is 6.92 Å². The zero-order valence-electron chi connectivity index (χ0n) is 6.91. The van der Waals surface area contributed by atoms with E-state index in [1.807, 2.05) is 0 Å². The van der Waals surface area contributed by atoms with E-state index < -0.39 is 18.8 Å². The summed E-state index contributed by atoms with van der Waals surface area (Å²) in [5.74, 6) is 0.448. The van der Waals surface area contributed by atoms with E-state index in [4.69, 9.17) is 5.11 Å². The summed E-state index contributed by atoms with van der Waals surface area (Å²) in [6.45, 7) is 1.07. The molecule has 0 spiro atoms. The molecule has 1 atom stereocenters. The first-order valence-electron chi connectivity index (χ1n) is 3.64. The van der Waals surface area contributed by atoms with E-state index in [0.29, 0.717) is 5.82 Å². The third-order valence-corrected chi connectivity index (χ3v) is 1.67. The molecule has 0 radical (unpaired) electrons. The summed E-state index contributed by atoms with van der Waals surface area (Å²) in [5, 5.41) is 8.71. The number of halogens is 3. The number of aliphatic hydroxyl groups excluding tert-OH is 1. The van der Waals surface area contributed by atoms with Crippen molar-refractivity contribution in [3.05, 3.63) is 18.2 Å². The number of hydrogen-bond acceptors (Lipinski definition) is 2. The van der Waals surface area contributed by atoms with Crippen molar-refractivity contribution in [1.82, 2.24) is 9.55 Å². The molecule has 0 aromatic carbocycles. The van der Waals surface area contributed by atoms with Gasteiger partial charge in [-0.2, -0.15) is 13.2 Å². The first kappa shape index (κ1) is 10.0. The first-order valence-corrected chi connectivity index (χ1v) is 3.64. The number of aliphatic hydroxyl groups is 1. The van der Waals surface area contributed by atoms with Gasteiger partial charge in [0.25, 0.3) is 0 Å². The van der Waals surface area contributed by atoms with Crippen molar-refractivity contribution >= 4 is 0 Å². The van der Waals surface area contributed by atoms with Crippen molar-refractivity contribution in [2.24, 2.45) is 0 Å². The van der Waals surface area contributed by atoms with Crippen molar-refractivity contribution in [2.45, 2.75) is 25.7 Å². The average Bonchev–Trinajstić information content (AvgIpc) is 2.34. The fourth-order valence-electron chi connectivity index (χ4n) is 0.886. The molecule has 0 aliphatic rings. The third kappa shape index (κ3) is 2.45. The lowest BCUT2D eigenvalue weighted by Crippen LogP contribution is -2.32. The highest BCUT2D eigenvalue weighted by Gasteiger charge is 2.38. The third-order valence-electron chi connectivity index (χ3n) is 1.67. The number of aromatic nitrogens is 2. The molecule has 3 nitrogen and oxygen atoms in total. The van der Waals surface area contributed by atoms with E-state index >= 15 is 0 Å². The zero-order chi connectivity index (χ0) is 10.1. The van der Waals surface area contributed by atoms with Crippen LogP contribution >= 0.6 is 0 Å². The molecule has 74 valence electrons. The van der Waals surface area contributed by atoms with E-state index in [0.717, 1.165) is 0 Å². The summed E-state index contributed by atoms with van der Waals surface area (Å²) in [5.41, 5.74) is 0. The molecule has 0 aliphatic carbocycles. The minimum atomic E-state index is -4.57. The molecule has 0 saturated carbocycles. The maximum atomic E-state index is 11.9. The molecule has 1 aromatic rings.